The van der Waals surface area contributed by atoms with Crippen molar-refractivity contribution >= 4 is 42.0 Å². The molecule has 0 spiro atoms. The van der Waals surface area contributed by atoms with Crippen LogP contribution in [0.1, 0.15) is 152 Å². The number of hydrogen-bond acceptors (Lipinski definition) is 7. The maximum atomic E-state index is 11.5. The van der Waals surface area contributed by atoms with Crippen LogP contribution < -0.4 is 4.74 Å². The topological polar surface area (TPSA) is 124 Å². The molecule has 11 heteroatoms. The van der Waals surface area contributed by atoms with E-state index in [-0.39, 0.29) is 55.3 Å². The minimum atomic E-state index is -4.43. The molecule has 0 saturated carbocycles. The molecule has 0 saturated heterocycles. The van der Waals surface area contributed by atoms with Gasteiger partial charge in [0.05, 0.1) is 31.6 Å². The lowest BCUT2D eigenvalue weighted by Gasteiger charge is -2.26. The Labute approximate surface area is 466 Å². The summed E-state index contributed by atoms with van der Waals surface area (Å²) in [6, 6.07) is 66.4. The van der Waals surface area contributed by atoms with Crippen molar-refractivity contribution < 1.29 is 30.7 Å². The van der Waals surface area contributed by atoms with E-state index in [0.29, 0.717) is 23.0 Å². The zero-order valence-electron chi connectivity index (χ0n) is 46.4. The van der Waals surface area contributed by atoms with E-state index in [1.54, 1.807) is 12.1 Å². The summed E-state index contributed by atoms with van der Waals surface area (Å²) in [5, 5.41) is 0. The fourth-order valence-electron chi connectivity index (χ4n) is 9.66. The van der Waals surface area contributed by atoms with Crippen molar-refractivity contribution in [2.45, 2.75) is 158 Å². The first-order chi connectivity index (χ1) is 36.5. The third-order valence-corrected chi connectivity index (χ3v) is 19.2. The van der Waals surface area contributed by atoms with Gasteiger partial charge in [0, 0.05) is 0 Å². The largest absolute Gasteiger partial charge is 0.744 e. The first-order valence-corrected chi connectivity index (χ1v) is 31.6. The molecule has 0 heterocycles. The summed E-state index contributed by atoms with van der Waals surface area (Å²) in [5.74, 6) is 2.68. The third-order valence-electron chi connectivity index (χ3n) is 12.9. The van der Waals surface area contributed by atoms with Gasteiger partial charge in [0.2, 0.25) is 0 Å². The van der Waals surface area contributed by atoms with Crippen molar-refractivity contribution in [1.29, 1.82) is 0 Å². The molecule has 0 fully saturated rings. The Hall–Kier alpha value is -5.92. The van der Waals surface area contributed by atoms with Crippen LogP contribution in [0.3, 0.4) is 0 Å². The van der Waals surface area contributed by atoms with E-state index in [1.165, 1.54) is 41.5 Å². The lowest BCUT2D eigenvalue weighted by molar-refractivity contribution is 0.458. The Morgan fingerprint density at radius 1 is 0.299 bits per heavy atom. The molecule has 8 aromatic rings. The fourth-order valence-corrected chi connectivity index (χ4v) is 15.5. The third kappa shape index (κ3) is 15.6. The van der Waals surface area contributed by atoms with Crippen molar-refractivity contribution in [2.75, 3.05) is 0 Å². The van der Waals surface area contributed by atoms with Crippen LogP contribution >= 0.6 is 0 Å². The molecule has 0 aliphatic carbocycles. The van der Waals surface area contributed by atoms with E-state index in [0.717, 1.165) is 33.8 Å². The lowest BCUT2D eigenvalue weighted by Crippen LogP contribution is -2.12. The molecule has 8 rings (SSSR count). The summed E-state index contributed by atoms with van der Waals surface area (Å²) in [4.78, 5) is 7.64. The average Bonchev–Trinajstić information content (AvgIpc) is 3.41. The van der Waals surface area contributed by atoms with Crippen LogP contribution in [0.2, 0.25) is 0 Å². The lowest BCUT2D eigenvalue weighted by atomic mass is 9.83. The Morgan fingerprint density at radius 3 is 0.740 bits per heavy atom. The molecular weight excluding hydrogens is 1030 g/mol. The van der Waals surface area contributed by atoms with E-state index in [2.05, 4.69) is 198 Å². The fraction of sp³-hybridized carbons (Fsp3) is 0.273. The molecule has 8 aromatic carbocycles. The highest BCUT2D eigenvalue weighted by molar-refractivity contribution is 7.97. The number of benzene rings is 8. The average molecular weight is 1110 g/mol. The molecule has 0 atom stereocenters. The van der Waals surface area contributed by atoms with Crippen LogP contribution in [0.15, 0.2) is 233 Å². The second kappa shape index (κ2) is 27.1. The van der Waals surface area contributed by atoms with Crippen LogP contribution in [0.25, 0.3) is 0 Å². The van der Waals surface area contributed by atoms with Gasteiger partial charge in [0.15, 0.2) is 29.4 Å². The molecule has 0 N–H and O–H groups in total. The highest BCUT2D eigenvalue weighted by Gasteiger charge is 2.30. The summed E-state index contributed by atoms with van der Waals surface area (Å²) in [5.41, 5.74) is 5.67. The normalized spacial score (nSPS) is 11.9. The van der Waals surface area contributed by atoms with E-state index >= 15 is 0 Å². The maximum Gasteiger partial charge on any atom is 0.166 e. The van der Waals surface area contributed by atoms with Gasteiger partial charge >= 0.3 is 0 Å². The van der Waals surface area contributed by atoms with Gasteiger partial charge in [0.1, 0.15) is 31.7 Å². The standard InChI is InChI=1S/C36H28OS2.2C15H24O3S/c1-5-13-31(14-6-1)38(32-15-7-2-8-16-32)35-25-21-29(22-26-35)37-30-23-27-36(28-24-30)39(33-17-9-3-10-18-33)34-19-11-4-12-20-34;2*1-9(2)12-7-8-13(19(16,17)18)15(11(5)6)14(12)10(3)4/h1-28H;2*7-11H,1-6H3,(H,16,17,18)/q+2;;/p-2. The molecule has 77 heavy (non-hydrogen) atoms. The highest BCUT2D eigenvalue weighted by Crippen LogP contribution is 2.40. The molecular formula is C66H74O7S4. The van der Waals surface area contributed by atoms with Crippen molar-refractivity contribution in [3.05, 3.63) is 228 Å². The second-order valence-corrected chi connectivity index (χ2v) is 27.5. The SMILES string of the molecule is CC(C)c1ccc(S(=O)(=O)[O-])c(C(C)C)c1C(C)C.CC(C)c1ccc(S(=O)(=O)[O-])c(C(C)C)c1C(C)C.c1ccc([S+](c2ccccc2)c2ccc(Oc3ccc([S+](c4ccccc4)c4ccccc4)cc3)cc2)cc1. The van der Waals surface area contributed by atoms with Crippen molar-refractivity contribution in [3.63, 3.8) is 0 Å². The van der Waals surface area contributed by atoms with Crippen molar-refractivity contribution in [1.82, 2.24) is 0 Å². The van der Waals surface area contributed by atoms with E-state index in [1.807, 2.05) is 55.4 Å². The van der Waals surface area contributed by atoms with E-state index < -0.39 is 20.2 Å². The monoisotopic (exact) mass is 1110 g/mol. The van der Waals surface area contributed by atoms with Gasteiger partial charge < -0.3 is 13.8 Å². The smallest absolute Gasteiger partial charge is 0.166 e. The van der Waals surface area contributed by atoms with Gasteiger partial charge in [-0.25, -0.2) is 16.8 Å². The maximum absolute atomic E-state index is 11.5. The minimum absolute atomic E-state index is 0.00910. The van der Waals surface area contributed by atoms with Gasteiger partial charge in [0.25, 0.3) is 0 Å². The Morgan fingerprint density at radius 2 is 0.532 bits per heavy atom. The molecule has 7 nitrogen and oxygen atoms in total. The van der Waals surface area contributed by atoms with Crippen molar-refractivity contribution in [2.24, 2.45) is 0 Å². The number of hydrogen-bond donors (Lipinski definition) is 0. The molecule has 0 radical (unpaired) electrons. The Balaban J connectivity index is 0.000000212. The number of rotatable bonds is 16. The first-order valence-electron chi connectivity index (χ1n) is 26.3. The second-order valence-electron chi connectivity index (χ2n) is 20.7. The van der Waals surface area contributed by atoms with Crippen LogP contribution in [0.5, 0.6) is 11.5 Å². The molecule has 0 bridgehead atoms. The van der Waals surface area contributed by atoms with Crippen LogP contribution in [-0.2, 0) is 42.0 Å². The van der Waals surface area contributed by atoms with Gasteiger partial charge in [-0.05, 0) is 178 Å². The highest BCUT2D eigenvalue weighted by atomic mass is 32.2. The number of ether oxygens (including phenoxy) is 1. The van der Waals surface area contributed by atoms with Gasteiger partial charge in [-0.2, -0.15) is 0 Å². The van der Waals surface area contributed by atoms with E-state index in [4.69, 9.17) is 4.74 Å². The Bertz CT molecular complexity index is 3050. The van der Waals surface area contributed by atoms with E-state index in [9.17, 15) is 25.9 Å². The van der Waals surface area contributed by atoms with Gasteiger partial charge in [-0.3, -0.25) is 0 Å². The van der Waals surface area contributed by atoms with Crippen molar-refractivity contribution in [3.8, 4) is 11.5 Å². The first kappa shape index (κ1) is 60.3. The summed E-state index contributed by atoms with van der Waals surface area (Å²) in [6.07, 6.45) is 0. The summed E-state index contributed by atoms with van der Waals surface area (Å²) >= 11 is 0. The van der Waals surface area contributed by atoms with Crippen LogP contribution in [-0.4, -0.2) is 25.9 Å². The molecule has 0 amide bonds. The van der Waals surface area contributed by atoms with Crippen LogP contribution in [0, 0.1) is 0 Å². The zero-order valence-corrected chi connectivity index (χ0v) is 49.7. The molecule has 0 aromatic heterocycles. The Kier molecular flexibility index (Phi) is 21.2. The predicted octanol–water partition coefficient (Wildman–Crippen LogP) is 17.6. The quantitative estimate of drug-likeness (QED) is 0.0697. The summed E-state index contributed by atoms with van der Waals surface area (Å²) < 4.78 is 75.0. The van der Waals surface area contributed by atoms with Gasteiger partial charge in [-0.1, -0.05) is 168 Å². The van der Waals surface area contributed by atoms with Gasteiger partial charge in [-0.15, -0.1) is 0 Å². The molecule has 404 valence electrons. The molecule has 0 aliphatic rings. The predicted molar refractivity (Wildman–Crippen MR) is 316 cm³/mol. The summed E-state index contributed by atoms with van der Waals surface area (Å²) in [6.45, 7) is 24.2. The minimum Gasteiger partial charge on any atom is -0.744 e. The summed E-state index contributed by atoms with van der Waals surface area (Å²) in [7, 11) is -9.19. The molecule has 0 aliphatic heterocycles. The molecule has 0 unspecified atom stereocenters. The zero-order chi connectivity index (χ0) is 56.2. The van der Waals surface area contributed by atoms with Crippen LogP contribution in [0.4, 0.5) is 0 Å².